The highest BCUT2D eigenvalue weighted by molar-refractivity contribution is 7.12. The summed E-state index contributed by atoms with van der Waals surface area (Å²) in [6, 6.07) is 4.99. The molecule has 1 nitrogen and oxygen atoms in total. The van der Waals surface area contributed by atoms with Gasteiger partial charge in [0.25, 0.3) is 0 Å². The molecule has 16 heavy (non-hydrogen) atoms. The zero-order valence-electron chi connectivity index (χ0n) is 11.6. The van der Waals surface area contributed by atoms with Crippen LogP contribution in [0.5, 0.6) is 0 Å². The second-order valence-corrected chi connectivity index (χ2v) is 7.66. The van der Waals surface area contributed by atoms with E-state index in [0.29, 0.717) is 6.04 Å². The van der Waals surface area contributed by atoms with Gasteiger partial charge in [-0.1, -0.05) is 41.5 Å². The number of hydrogen-bond donors (Lipinski definition) is 1. The van der Waals surface area contributed by atoms with E-state index in [1.54, 1.807) is 0 Å². The normalized spacial score (nSPS) is 15.2. The van der Waals surface area contributed by atoms with Gasteiger partial charge < -0.3 is 5.32 Å². The van der Waals surface area contributed by atoms with Gasteiger partial charge in [0.2, 0.25) is 0 Å². The quantitative estimate of drug-likeness (QED) is 0.809. The molecule has 0 saturated carbocycles. The SMILES string of the molecule is CNC(c1ccc(C(C)(C)C)s1)C(C)(C)C. The Morgan fingerprint density at radius 3 is 1.94 bits per heavy atom. The molecule has 0 aliphatic carbocycles. The predicted octanol–water partition coefficient (Wildman–Crippen LogP) is 4.35. The molecule has 92 valence electrons. The lowest BCUT2D eigenvalue weighted by Crippen LogP contribution is -2.28. The molecule has 0 aliphatic rings. The fraction of sp³-hybridized carbons (Fsp3) is 0.714. The van der Waals surface area contributed by atoms with E-state index in [4.69, 9.17) is 0 Å². The molecule has 0 spiro atoms. The number of nitrogens with one attached hydrogen (secondary N) is 1. The third kappa shape index (κ3) is 3.08. The van der Waals surface area contributed by atoms with Gasteiger partial charge in [0, 0.05) is 15.8 Å². The van der Waals surface area contributed by atoms with Gasteiger partial charge in [-0.05, 0) is 30.0 Å². The largest absolute Gasteiger partial charge is 0.312 e. The molecule has 0 bridgehead atoms. The Bertz CT molecular complexity index is 338. The molecule has 1 aromatic heterocycles. The van der Waals surface area contributed by atoms with E-state index in [1.807, 2.05) is 18.4 Å². The van der Waals surface area contributed by atoms with Crippen LogP contribution in [0.25, 0.3) is 0 Å². The maximum atomic E-state index is 3.43. The molecular weight excluding hydrogens is 214 g/mol. The summed E-state index contributed by atoms with van der Waals surface area (Å²) in [5.74, 6) is 0. The third-order valence-electron chi connectivity index (χ3n) is 2.81. The Morgan fingerprint density at radius 2 is 1.62 bits per heavy atom. The summed E-state index contributed by atoms with van der Waals surface area (Å²) in [5, 5.41) is 3.43. The van der Waals surface area contributed by atoms with E-state index in [0.717, 1.165) is 0 Å². The first-order valence-corrected chi connectivity index (χ1v) is 6.75. The lowest BCUT2D eigenvalue weighted by Gasteiger charge is -2.29. The predicted molar refractivity (Wildman–Crippen MR) is 74.3 cm³/mol. The van der Waals surface area contributed by atoms with E-state index in [1.165, 1.54) is 9.75 Å². The molecule has 1 atom stereocenters. The van der Waals surface area contributed by atoms with Crippen molar-refractivity contribution in [2.45, 2.75) is 53.0 Å². The fourth-order valence-corrected chi connectivity index (χ4v) is 3.33. The summed E-state index contributed by atoms with van der Waals surface area (Å²) in [7, 11) is 2.05. The Balaban J connectivity index is 3.01. The molecule has 2 heteroatoms. The second-order valence-electron chi connectivity index (χ2n) is 6.54. The minimum atomic E-state index is 0.259. The van der Waals surface area contributed by atoms with Crippen LogP contribution in [-0.2, 0) is 5.41 Å². The molecule has 1 rings (SSSR count). The lowest BCUT2D eigenvalue weighted by atomic mass is 9.86. The first kappa shape index (κ1) is 13.7. The molecule has 0 saturated heterocycles. The molecule has 1 unspecified atom stereocenters. The van der Waals surface area contributed by atoms with Gasteiger partial charge in [0.1, 0.15) is 0 Å². The van der Waals surface area contributed by atoms with E-state index < -0.39 is 0 Å². The van der Waals surface area contributed by atoms with E-state index in [-0.39, 0.29) is 10.8 Å². The van der Waals surface area contributed by atoms with Gasteiger partial charge in [-0.2, -0.15) is 0 Å². The van der Waals surface area contributed by atoms with Crippen molar-refractivity contribution in [3.8, 4) is 0 Å². The van der Waals surface area contributed by atoms with Gasteiger partial charge in [-0.25, -0.2) is 0 Å². The summed E-state index contributed by atoms with van der Waals surface area (Å²) in [5.41, 5.74) is 0.522. The van der Waals surface area contributed by atoms with Gasteiger partial charge in [0.05, 0.1) is 0 Å². The molecule has 1 heterocycles. The summed E-state index contributed by atoms with van der Waals surface area (Å²) in [6.07, 6.45) is 0. The molecule has 0 radical (unpaired) electrons. The van der Waals surface area contributed by atoms with E-state index >= 15 is 0 Å². The van der Waals surface area contributed by atoms with Crippen molar-refractivity contribution in [1.29, 1.82) is 0 Å². The van der Waals surface area contributed by atoms with Gasteiger partial charge in [-0.15, -0.1) is 11.3 Å². The van der Waals surface area contributed by atoms with Crippen LogP contribution in [0.3, 0.4) is 0 Å². The highest BCUT2D eigenvalue weighted by Gasteiger charge is 2.27. The average molecular weight is 239 g/mol. The van der Waals surface area contributed by atoms with Crippen LogP contribution in [0.1, 0.15) is 57.3 Å². The molecule has 1 aromatic rings. The van der Waals surface area contributed by atoms with Crippen LogP contribution in [0.2, 0.25) is 0 Å². The molecule has 1 N–H and O–H groups in total. The van der Waals surface area contributed by atoms with E-state index in [9.17, 15) is 0 Å². The Morgan fingerprint density at radius 1 is 1.06 bits per heavy atom. The van der Waals surface area contributed by atoms with Gasteiger partial charge in [-0.3, -0.25) is 0 Å². The van der Waals surface area contributed by atoms with Crippen molar-refractivity contribution in [2.75, 3.05) is 7.05 Å². The molecule has 0 aliphatic heterocycles. The minimum absolute atomic E-state index is 0.259. The summed E-state index contributed by atoms with van der Waals surface area (Å²) in [6.45, 7) is 13.7. The third-order valence-corrected chi connectivity index (χ3v) is 4.38. The Labute approximate surface area is 104 Å². The zero-order chi connectivity index (χ0) is 12.6. The number of hydrogen-bond acceptors (Lipinski definition) is 2. The number of thiophene rings is 1. The molecular formula is C14H25NS. The van der Waals surface area contributed by atoms with Crippen molar-refractivity contribution in [3.05, 3.63) is 21.9 Å². The average Bonchev–Trinajstić information content (AvgIpc) is 2.50. The second kappa shape index (κ2) is 4.50. The van der Waals surface area contributed by atoms with Crippen LogP contribution < -0.4 is 5.32 Å². The van der Waals surface area contributed by atoms with Crippen LogP contribution in [0.15, 0.2) is 12.1 Å². The van der Waals surface area contributed by atoms with Crippen molar-refractivity contribution in [3.63, 3.8) is 0 Å². The van der Waals surface area contributed by atoms with Gasteiger partial charge in [0.15, 0.2) is 0 Å². The highest BCUT2D eigenvalue weighted by Crippen LogP contribution is 2.38. The molecule has 0 aromatic carbocycles. The van der Waals surface area contributed by atoms with Crippen molar-refractivity contribution < 1.29 is 0 Å². The monoisotopic (exact) mass is 239 g/mol. The number of rotatable bonds is 2. The Kier molecular flexibility index (Phi) is 3.86. The van der Waals surface area contributed by atoms with Gasteiger partial charge >= 0.3 is 0 Å². The Hall–Kier alpha value is -0.340. The first-order chi connectivity index (χ1) is 7.16. The summed E-state index contributed by atoms with van der Waals surface area (Å²) in [4.78, 5) is 2.91. The van der Waals surface area contributed by atoms with Crippen molar-refractivity contribution >= 4 is 11.3 Å². The summed E-state index contributed by atoms with van der Waals surface area (Å²) < 4.78 is 0. The van der Waals surface area contributed by atoms with Crippen LogP contribution in [0, 0.1) is 5.41 Å². The maximum Gasteiger partial charge on any atom is 0.0461 e. The smallest absolute Gasteiger partial charge is 0.0461 e. The highest BCUT2D eigenvalue weighted by atomic mass is 32.1. The standard InChI is InChI=1S/C14H25NS/c1-13(2,3)11-9-8-10(16-11)12(15-7)14(4,5)6/h8-9,12,15H,1-7H3. The topological polar surface area (TPSA) is 12.0 Å². The fourth-order valence-electron chi connectivity index (χ4n) is 1.91. The minimum Gasteiger partial charge on any atom is -0.312 e. The molecule has 0 fully saturated rings. The van der Waals surface area contributed by atoms with Crippen LogP contribution in [0.4, 0.5) is 0 Å². The van der Waals surface area contributed by atoms with Crippen molar-refractivity contribution in [2.24, 2.45) is 5.41 Å². The summed E-state index contributed by atoms with van der Waals surface area (Å²) >= 11 is 1.94. The van der Waals surface area contributed by atoms with Crippen LogP contribution in [-0.4, -0.2) is 7.05 Å². The van der Waals surface area contributed by atoms with E-state index in [2.05, 4.69) is 59.0 Å². The first-order valence-electron chi connectivity index (χ1n) is 5.93. The lowest BCUT2D eigenvalue weighted by molar-refractivity contribution is 0.291. The maximum absolute atomic E-state index is 3.43. The molecule has 0 amide bonds. The van der Waals surface area contributed by atoms with Crippen molar-refractivity contribution in [1.82, 2.24) is 5.32 Å². The zero-order valence-corrected chi connectivity index (χ0v) is 12.5. The van der Waals surface area contributed by atoms with Crippen LogP contribution >= 0.6 is 11.3 Å².